The van der Waals surface area contributed by atoms with Gasteiger partial charge in [-0.2, -0.15) is 0 Å². The van der Waals surface area contributed by atoms with E-state index in [1.54, 1.807) is 0 Å². The minimum Gasteiger partial charge on any atom is -0.294 e. The van der Waals surface area contributed by atoms with Crippen LogP contribution in [0.1, 0.15) is 60.5 Å². The molecule has 3 rings (SSSR count). The molecule has 0 amide bonds. The van der Waals surface area contributed by atoms with Crippen molar-refractivity contribution in [1.29, 1.82) is 0 Å². The second kappa shape index (κ2) is 2.72. The van der Waals surface area contributed by atoms with E-state index in [1.165, 1.54) is 24.0 Å². The second-order valence-corrected chi connectivity index (χ2v) is 5.51. The summed E-state index contributed by atoms with van der Waals surface area (Å²) in [4.78, 5) is 11.8. The second-order valence-electron chi connectivity index (χ2n) is 5.51. The van der Waals surface area contributed by atoms with E-state index < -0.39 is 0 Å². The van der Waals surface area contributed by atoms with Crippen molar-refractivity contribution in [2.75, 3.05) is 0 Å². The number of carbonyl (C=O) groups excluding carboxylic acids is 1. The molecule has 15 heavy (non-hydrogen) atoms. The predicted molar refractivity (Wildman–Crippen MR) is 60.4 cm³/mol. The molecule has 0 aromatic heterocycles. The topological polar surface area (TPSA) is 17.1 Å². The highest BCUT2D eigenvalue weighted by Crippen LogP contribution is 2.48. The van der Waals surface area contributed by atoms with Crippen LogP contribution in [0.5, 0.6) is 0 Å². The van der Waals surface area contributed by atoms with E-state index in [4.69, 9.17) is 0 Å². The summed E-state index contributed by atoms with van der Waals surface area (Å²) < 4.78 is 0. The Bertz CT molecular complexity index is 443. The number of ketones is 1. The van der Waals surface area contributed by atoms with Gasteiger partial charge in [0.2, 0.25) is 0 Å². The molecular formula is C14H16O. The molecule has 0 aliphatic heterocycles. The zero-order chi connectivity index (χ0) is 10.6. The van der Waals surface area contributed by atoms with Crippen LogP contribution >= 0.6 is 0 Å². The summed E-state index contributed by atoms with van der Waals surface area (Å²) in [5.74, 6) is 0.881. The van der Waals surface area contributed by atoms with Crippen LogP contribution in [0.4, 0.5) is 0 Å². The maximum absolute atomic E-state index is 11.8. The SMILES string of the molecule is CC1(C)CCC2CC(=O)c3cccc1c32. The summed E-state index contributed by atoms with van der Waals surface area (Å²) in [6.45, 7) is 4.59. The van der Waals surface area contributed by atoms with Gasteiger partial charge in [-0.3, -0.25) is 4.79 Å². The van der Waals surface area contributed by atoms with E-state index in [1.807, 2.05) is 12.1 Å². The highest BCUT2D eigenvalue weighted by molar-refractivity contribution is 6.02. The molecule has 0 saturated heterocycles. The zero-order valence-corrected chi connectivity index (χ0v) is 9.34. The molecule has 2 aliphatic rings. The van der Waals surface area contributed by atoms with E-state index in [-0.39, 0.29) is 5.41 Å². The molecule has 0 saturated carbocycles. The minimum absolute atomic E-state index is 0.256. The number of benzene rings is 1. The van der Waals surface area contributed by atoms with Crippen molar-refractivity contribution in [1.82, 2.24) is 0 Å². The van der Waals surface area contributed by atoms with Gasteiger partial charge in [0, 0.05) is 12.0 Å². The van der Waals surface area contributed by atoms with E-state index in [0.717, 1.165) is 12.0 Å². The van der Waals surface area contributed by atoms with Crippen molar-refractivity contribution in [3.8, 4) is 0 Å². The van der Waals surface area contributed by atoms with Gasteiger partial charge in [0.25, 0.3) is 0 Å². The Morgan fingerprint density at radius 3 is 2.93 bits per heavy atom. The van der Waals surface area contributed by atoms with Gasteiger partial charge in [-0.1, -0.05) is 32.0 Å². The lowest BCUT2D eigenvalue weighted by atomic mass is 9.69. The maximum atomic E-state index is 11.8. The first kappa shape index (κ1) is 9.14. The van der Waals surface area contributed by atoms with Crippen molar-refractivity contribution in [2.24, 2.45) is 0 Å². The lowest BCUT2D eigenvalue weighted by molar-refractivity contribution is 0.0987. The zero-order valence-electron chi connectivity index (χ0n) is 9.34. The van der Waals surface area contributed by atoms with Gasteiger partial charge in [-0.25, -0.2) is 0 Å². The first-order valence-electron chi connectivity index (χ1n) is 5.76. The van der Waals surface area contributed by atoms with Gasteiger partial charge in [-0.15, -0.1) is 0 Å². The van der Waals surface area contributed by atoms with Gasteiger partial charge < -0.3 is 0 Å². The van der Waals surface area contributed by atoms with Crippen molar-refractivity contribution < 1.29 is 4.79 Å². The van der Waals surface area contributed by atoms with Crippen LogP contribution < -0.4 is 0 Å². The van der Waals surface area contributed by atoms with Crippen LogP contribution in [0.25, 0.3) is 0 Å². The molecule has 0 heterocycles. The summed E-state index contributed by atoms with van der Waals surface area (Å²) in [5, 5.41) is 0. The summed E-state index contributed by atoms with van der Waals surface area (Å²) in [6, 6.07) is 6.26. The number of carbonyl (C=O) groups is 1. The van der Waals surface area contributed by atoms with Gasteiger partial charge in [-0.05, 0) is 35.3 Å². The molecule has 2 aliphatic carbocycles. The first-order chi connectivity index (χ1) is 7.09. The van der Waals surface area contributed by atoms with Crippen LogP contribution in [0, 0.1) is 0 Å². The molecule has 1 heteroatoms. The van der Waals surface area contributed by atoms with Crippen molar-refractivity contribution >= 4 is 5.78 Å². The normalized spacial score (nSPS) is 26.5. The molecule has 0 spiro atoms. The van der Waals surface area contributed by atoms with Crippen LogP contribution in [-0.4, -0.2) is 5.78 Å². The molecule has 0 radical (unpaired) electrons. The summed E-state index contributed by atoms with van der Waals surface area (Å²) in [5.41, 5.74) is 4.05. The molecule has 78 valence electrons. The molecule has 1 unspecified atom stereocenters. The number of hydrogen-bond donors (Lipinski definition) is 0. The Morgan fingerprint density at radius 1 is 1.33 bits per heavy atom. The van der Waals surface area contributed by atoms with Crippen molar-refractivity contribution in [2.45, 2.75) is 44.4 Å². The average Bonchev–Trinajstić information content (AvgIpc) is 2.52. The molecule has 0 bridgehead atoms. The molecule has 1 aromatic rings. The van der Waals surface area contributed by atoms with E-state index >= 15 is 0 Å². The van der Waals surface area contributed by atoms with Crippen molar-refractivity contribution in [3.63, 3.8) is 0 Å². The Labute approximate surface area is 90.5 Å². The number of rotatable bonds is 0. The van der Waals surface area contributed by atoms with Gasteiger partial charge in [0.1, 0.15) is 0 Å². The molecule has 0 N–H and O–H groups in total. The molecule has 0 fully saturated rings. The fourth-order valence-corrected chi connectivity index (χ4v) is 3.19. The third kappa shape index (κ3) is 1.12. The largest absolute Gasteiger partial charge is 0.294 e. The van der Waals surface area contributed by atoms with Crippen molar-refractivity contribution in [3.05, 3.63) is 34.9 Å². The molecule has 1 atom stereocenters. The lowest BCUT2D eigenvalue weighted by Crippen LogP contribution is -2.25. The maximum Gasteiger partial charge on any atom is 0.163 e. The third-order valence-electron chi connectivity index (χ3n) is 4.09. The Kier molecular flexibility index (Phi) is 1.66. The van der Waals surface area contributed by atoms with Gasteiger partial charge >= 0.3 is 0 Å². The fourth-order valence-electron chi connectivity index (χ4n) is 3.19. The van der Waals surface area contributed by atoms with E-state index in [2.05, 4.69) is 19.9 Å². The van der Waals surface area contributed by atoms with Crippen LogP contribution in [0.2, 0.25) is 0 Å². The van der Waals surface area contributed by atoms with Crippen LogP contribution in [0.3, 0.4) is 0 Å². The Balaban J connectivity index is 2.29. The Hall–Kier alpha value is -1.11. The highest BCUT2D eigenvalue weighted by Gasteiger charge is 2.39. The van der Waals surface area contributed by atoms with Crippen LogP contribution in [0.15, 0.2) is 18.2 Å². The lowest BCUT2D eigenvalue weighted by Gasteiger charge is -2.35. The third-order valence-corrected chi connectivity index (χ3v) is 4.09. The molecule has 1 nitrogen and oxygen atoms in total. The van der Waals surface area contributed by atoms with Gasteiger partial charge in [0.15, 0.2) is 5.78 Å². The monoisotopic (exact) mass is 200 g/mol. The summed E-state index contributed by atoms with van der Waals surface area (Å²) >= 11 is 0. The molecule has 1 aromatic carbocycles. The quantitative estimate of drug-likeness (QED) is 0.627. The minimum atomic E-state index is 0.256. The predicted octanol–water partition coefficient (Wildman–Crippen LogP) is 3.43. The van der Waals surface area contributed by atoms with E-state index in [0.29, 0.717) is 11.7 Å². The Morgan fingerprint density at radius 2 is 2.13 bits per heavy atom. The number of Topliss-reactive ketones (excluding diaryl/α,β-unsaturated/α-hetero) is 1. The standard InChI is InChI=1S/C14H16O/c1-14(2)7-6-9-8-12(15)10-4-3-5-11(14)13(9)10/h3-5,9H,6-8H2,1-2H3. The van der Waals surface area contributed by atoms with E-state index in [9.17, 15) is 4.79 Å². The fraction of sp³-hybridized carbons (Fsp3) is 0.500. The molecular weight excluding hydrogens is 184 g/mol. The average molecular weight is 200 g/mol. The summed E-state index contributed by atoms with van der Waals surface area (Å²) in [6.07, 6.45) is 3.15. The van der Waals surface area contributed by atoms with Crippen LogP contribution in [-0.2, 0) is 5.41 Å². The smallest absolute Gasteiger partial charge is 0.163 e. The highest BCUT2D eigenvalue weighted by atomic mass is 16.1. The first-order valence-corrected chi connectivity index (χ1v) is 5.76. The number of hydrogen-bond acceptors (Lipinski definition) is 1. The van der Waals surface area contributed by atoms with Gasteiger partial charge in [0.05, 0.1) is 0 Å². The summed E-state index contributed by atoms with van der Waals surface area (Å²) in [7, 11) is 0.